The highest BCUT2D eigenvalue weighted by molar-refractivity contribution is 5.81. The van der Waals surface area contributed by atoms with Gasteiger partial charge in [0, 0.05) is 32.6 Å². The predicted octanol–water partition coefficient (Wildman–Crippen LogP) is -0.552. The van der Waals surface area contributed by atoms with Crippen molar-refractivity contribution in [3.8, 4) is 0 Å². The molecule has 1 atom stereocenters. The average Bonchev–Trinajstić information content (AvgIpc) is 2.27. The van der Waals surface area contributed by atoms with Crippen molar-refractivity contribution in [3.63, 3.8) is 0 Å². The van der Waals surface area contributed by atoms with E-state index in [-0.39, 0.29) is 11.8 Å². The fourth-order valence-electron chi connectivity index (χ4n) is 1.66. The number of aliphatic hydroxyl groups excluding tert-OH is 1. The van der Waals surface area contributed by atoms with Gasteiger partial charge in [0.15, 0.2) is 0 Å². The van der Waals surface area contributed by atoms with Crippen molar-refractivity contribution < 1.29 is 14.7 Å². The molecule has 0 aromatic rings. The van der Waals surface area contributed by atoms with Crippen molar-refractivity contribution in [1.82, 2.24) is 9.80 Å². The second-order valence-electron chi connectivity index (χ2n) is 3.74. The van der Waals surface area contributed by atoms with Crippen LogP contribution in [-0.4, -0.2) is 59.0 Å². The minimum absolute atomic E-state index is 0.124. The summed E-state index contributed by atoms with van der Waals surface area (Å²) < 4.78 is 0. The van der Waals surface area contributed by atoms with E-state index < -0.39 is 6.10 Å². The summed E-state index contributed by atoms with van der Waals surface area (Å²) in [6, 6.07) is 0. The van der Waals surface area contributed by atoms with Gasteiger partial charge in [-0.15, -0.1) is 0 Å². The lowest BCUT2D eigenvalue weighted by molar-refractivity contribution is -0.144. The summed E-state index contributed by atoms with van der Waals surface area (Å²) in [5, 5.41) is 9.12. The quantitative estimate of drug-likeness (QED) is 0.671. The molecule has 0 bridgehead atoms. The number of amides is 2. The average molecular weight is 214 g/mol. The number of rotatable bonds is 2. The van der Waals surface area contributed by atoms with E-state index in [0.717, 1.165) is 0 Å². The van der Waals surface area contributed by atoms with Crippen LogP contribution in [0.25, 0.3) is 0 Å². The van der Waals surface area contributed by atoms with Crippen molar-refractivity contribution in [2.75, 3.05) is 26.2 Å². The van der Waals surface area contributed by atoms with Crippen molar-refractivity contribution in [3.05, 3.63) is 0 Å². The molecule has 0 aromatic carbocycles. The highest BCUT2D eigenvalue weighted by atomic mass is 16.3. The molecule has 1 fully saturated rings. The van der Waals surface area contributed by atoms with Gasteiger partial charge in [-0.2, -0.15) is 0 Å². The molecule has 0 aromatic heterocycles. The third kappa shape index (κ3) is 2.92. The Kier molecular flexibility index (Phi) is 4.08. The molecule has 1 N–H and O–H groups in total. The molecule has 1 saturated heterocycles. The van der Waals surface area contributed by atoms with Crippen molar-refractivity contribution >= 4 is 11.8 Å². The van der Waals surface area contributed by atoms with E-state index in [0.29, 0.717) is 32.6 Å². The molecule has 1 unspecified atom stereocenters. The monoisotopic (exact) mass is 214 g/mol. The number of carbonyl (C=O) groups excluding carboxylic acids is 2. The smallest absolute Gasteiger partial charge is 0.251 e. The van der Waals surface area contributed by atoms with E-state index in [1.807, 2.05) is 6.92 Å². The molecular weight excluding hydrogens is 196 g/mol. The Balaban J connectivity index is 2.42. The molecular formula is C10H18N2O3. The zero-order valence-corrected chi connectivity index (χ0v) is 9.27. The van der Waals surface area contributed by atoms with Crippen LogP contribution in [0.1, 0.15) is 20.3 Å². The predicted molar refractivity (Wildman–Crippen MR) is 55.1 cm³/mol. The van der Waals surface area contributed by atoms with Crippen molar-refractivity contribution in [2.45, 2.75) is 26.4 Å². The number of hydrogen-bond donors (Lipinski definition) is 1. The zero-order valence-electron chi connectivity index (χ0n) is 9.27. The maximum absolute atomic E-state index is 11.4. The summed E-state index contributed by atoms with van der Waals surface area (Å²) in [4.78, 5) is 26.1. The lowest BCUT2D eigenvalue weighted by atomic mass is 10.2. The van der Waals surface area contributed by atoms with E-state index >= 15 is 0 Å². The van der Waals surface area contributed by atoms with E-state index in [1.165, 1.54) is 6.92 Å². The standard InChI is InChI=1S/C10H18N2O3/c1-3-9(14)11-4-6-12(7-5-11)10(15)8(2)13/h8,13H,3-7H2,1-2H3. The van der Waals surface area contributed by atoms with Gasteiger partial charge in [-0.25, -0.2) is 0 Å². The fourth-order valence-corrected chi connectivity index (χ4v) is 1.66. The SMILES string of the molecule is CCC(=O)N1CCN(C(=O)C(C)O)CC1. The second kappa shape index (κ2) is 5.11. The summed E-state index contributed by atoms with van der Waals surface area (Å²) in [6.45, 7) is 5.49. The van der Waals surface area contributed by atoms with Crippen LogP contribution >= 0.6 is 0 Å². The largest absolute Gasteiger partial charge is 0.384 e. The summed E-state index contributed by atoms with van der Waals surface area (Å²) >= 11 is 0. The van der Waals surface area contributed by atoms with Crippen LogP contribution < -0.4 is 0 Å². The zero-order chi connectivity index (χ0) is 11.4. The molecule has 1 heterocycles. The fraction of sp³-hybridized carbons (Fsp3) is 0.800. The molecule has 1 rings (SSSR count). The molecule has 0 spiro atoms. The van der Waals surface area contributed by atoms with Gasteiger partial charge < -0.3 is 14.9 Å². The maximum atomic E-state index is 11.4. The maximum Gasteiger partial charge on any atom is 0.251 e. The van der Waals surface area contributed by atoms with E-state index in [9.17, 15) is 9.59 Å². The van der Waals surface area contributed by atoms with Crippen LogP contribution in [0.3, 0.4) is 0 Å². The first-order valence-electron chi connectivity index (χ1n) is 5.31. The Morgan fingerprint density at radius 3 is 2.07 bits per heavy atom. The molecule has 1 aliphatic heterocycles. The molecule has 0 radical (unpaired) electrons. The highest BCUT2D eigenvalue weighted by Gasteiger charge is 2.25. The Morgan fingerprint density at radius 2 is 1.67 bits per heavy atom. The van der Waals surface area contributed by atoms with E-state index in [2.05, 4.69) is 0 Å². The summed E-state index contributed by atoms with van der Waals surface area (Å²) in [6.07, 6.45) is -0.442. The van der Waals surface area contributed by atoms with Crippen LogP contribution in [0.2, 0.25) is 0 Å². The molecule has 15 heavy (non-hydrogen) atoms. The molecule has 0 aliphatic carbocycles. The lowest BCUT2D eigenvalue weighted by Crippen LogP contribution is -2.52. The first kappa shape index (κ1) is 12.0. The normalized spacial score (nSPS) is 18.9. The minimum atomic E-state index is -0.946. The van der Waals surface area contributed by atoms with E-state index in [4.69, 9.17) is 5.11 Å². The van der Waals surface area contributed by atoms with Gasteiger partial charge >= 0.3 is 0 Å². The first-order valence-corrected chi connectivity index (χ1v) is 5.31. The highest BCUT2D eigenvalue weighted by Crippen LogP contribution is 2.05. The summed E-state index contributed by atoms with van der Waals surface area (Å²) in [7, 11) is 0. The third-order valence-electron chi connectivity index (χ3n) is 2.60. The van der Waals surface area contributed by atoms with Gasteiger partial charge in [0.1, 0.15) is 6.10 Å². The van der Waals surface area contributed by atoms with Crippen LogP contribution in [0.15, 0.2) is 0 Å². The Morgan fingerprint density at radius 1 is 1.20 bits per heavy atom. The Bertz CT molecular complexity index is 245. The van der Waals surface area contributed by atoms with Gasteiger partial charge in [-0.1, -0.05) is 6.92 Å². The summed E-state index contributed by atoms with van der Waals surface area (Å²) in [5.74, 6) is -0.127. The number of piperazine rings is 1. The van der Waals surface area contributed by atoms with Gasteiger partial charge in [0.05, 0.1) is 0 Å². The third-order valence-corrected chi connectivity index (χ3v) is 2.60. The molecule has 86 valence electrons. The van der Waals surface area contributed by atoms with Gasteiger partial charge in [-0.3, -0.25) is 9.59 Å². The summed E-state index contributed by atoms with van der Waals surface area (Å²) in [5.41, 5.74) is 0. The van der Waals surface area contributed by atoms with Gasteiger partial charge in [-0.05, 0) is 6.92 Å². The Hall–Kier alpha value is -1.10. The minimum Gasteiger partial charge on any atom is -0.384 e. The lowest BCUT2D eigenvalue weighted by Gasteiger charge is -2.35. The van der Waals surface area contributed by atoms with Crippen LogP contribution in [0.5, 0.6) is 0 Å². The van der Waals surface area contributed by atoms with Crippen LogP contribution in [0, 0.1) is 0 Å². The van der Waals surface area contributed by atoms with Gasteiger partial charge in [0.25, 0.3) is 5.91 Å². The number of hydrogen-bond acceptors (Lipinski definition) is 3. The van der Waals surface area contributed by atoms with Crippen LogP contribution in [0.4, 0.5) is 0 Å². The van der Waals surface area contributed by atoms with Crippen LogP contribution in [-0.2, 0) is 9.59 Å². The number of nitrogens with zero attached hydrogens (tertiary/aromatic N) is 2. The number of aliphatic hydroxyl groups is 1. The van der Waals surface area contributed by atoms with Crippen molar-refractivity contribution in [1.29, 1.82) is 0 Å². The second-order valence-corrected chi connectivity index (χ2v) is 3.74. The molecule has 0 saturated carbocycles. The first-order chi connectivity index (χ1) is 7.06. The Labute approximate surface area is 89.7 Å². The molecule has 5 heteroatoms. The topological polar surface area (TPSA) is 60.9 Å². The molecule has 2 amide bonds. The molecule has 5 nitrogen and oxygen atoms in total. The van der Waals surface area contributed by atoms with Gasteiger partial charge in [0.2, 0.25) is 5.91 Å². The molecule has 1 aliphatic rings. The van der Waals surface area contributed by atoms with E-state index in [1.54, 1.807) is 9.80 Å². The number of carbonyl (C=O) groups is 2. The van der Waals surface area contributed by atoms with Crippen molar-refractivity contribution in [2.24, 2.45) is 0 Å².